The number of rotatable bonds is 2. The van der Waals surface area contributed by atoms with E-state index in [0.29, 0.717) is 10.6 Å². The molecule has 0 spiro atoms. The Balaban J connectivity index is 2.31. The molecular formula is C11H12ClNO3S. The third-order valence-electron chi connectivity index (χ3n) is 2.74. The van der Waals surface area contributed by atoms with E-state index < -0.39 is 15.9 Å². The monoisotopic (exact) mass is 273 g/mol. The summed E-state index contributed by atoms with van der Waals surface area (Å²) < 4.78 is 24.4. The van der Waals surface area contributed by atoms with E-state index in [1.54, 1.807) is 31.2 Å². The topological polar surface area (TPSA) is 54.5 Å². The molecule has 17 heavy (non-hydrogen) atoms. The molecule has 92 valence electrons. The number of benzene rings is 1. The number of halogens is 1. The first-order valence-corrected chi connectivity index (χ1v) is 7.18. The molecule has 0 aromatic heterocycles. The molecule has 0 bridgehead atoms. The molecule has 1 saturated heterocycles. The Morgan fingerprint density at radius 3 is 2.59 bits per heavy atom. The third-order valence-corrected chi connectivity index (χ3v) is 5.01. The molecule has 0 N–H and O–H groups in total. The lowest BCUT2D eigenvalue weighted by atomic mass is 10.2. The van der Waals surface area contributed by atoms with E-state index >= 15 is 0 Å². The number of hydrogen-bond acceptors (Lipinski definition) is 3. The Morgan fingerprint density at radius 1 is 1.41 bits per heavy atom. The summed E-state index contributed by atoms with van der Waals surface area (Å²) in [6.45, 7) is 1.64. The highest BCUT2D eigenvalue weighted by atomic mass is 35.5. The molecule has 1 fully saturated rings. The molecule has 1 unspecified atom stereocenters. The van der Waals surface area contributed by atoms with Gasteiger partial charge in [0.25, 0.3) is 0 Å². The predicted octanol–water partition coefficient (Wildman–Crippen LogP) is 1.65. The molecule has 1 aliphatic rings. The van der Waals surface area contributed by atoms with Crippen molar-refractivity contribution in [2.45, 2.75) is 13.5 Å². The maximum absolute atomic E-state index is 11.8. The van der Waals surface area contributed by atoms with Gasteiger partial charge in [-0.1, -0.05) is 36.7 Å². The molecule has 4 nitrogen and oxygen atoms in total. The highest BCUT2D eigenvalue weighted by Crippen LogP contribution is 2.25. The first kappa shape index (κ1) is 12.4. The zero-order chi connectivity index (χ0) is 12.6. The first-order valence-electron chi connectivity index (χ1n) is 5.19. The highest BCUT2D eigenvalue weighted by Gasteiger charge is 2.40. The fraction of sp³-hybridized carbons (Fsp3) is 0.364. The maximum atomic E-state index is 11.8. The van der Waals surface area contributed by atoms with E-state index in [4.69, 9.17) is 11.6 Å². The Labute approximate surface area is 105 Å². The molecule has 1 amide bonds. The minimum atomic E-state index is -3.48. The zero-order valence-corrected chi connectivity index (χ0v) is 10.8. The number of nitrogens with zero attached hydrogens (tertiary/aromatic N) is 1. The first-order chi connectivity index (χ1) is 7.92. The van der Waals surface area contributed by atoms with Crippen LogP contribution in [0.2, 0.25) is 5.02 Å². The van der Waals surface area contributed by atoms with E-state index in [9.17, 15) is 13.2 Å². The van der Waals surface area contributed by atoms with E-state index in [-0.39, 0.29) is 18.2 Å². The van der Waals surface area contributed by atoms with Crippen molar-refractivity contribution in [3.05, 3.63) is 34.9 Å². The standard InChI is InChI=1S/C11H12ClNO3S/c1-8-7-17(15,16)13(11(8)14)6-9-4-2-3-5-10(9)12/h2-5,8H,6-7H2,1H3. The third kappa shape index (κ3) is 2.30. The van der Waals surface area contributed by atoms with Crippen LogP contribution < -0.4 is 0 Å². The summed E-state index contributed by atoms with van der Waals surface area (Å²) in [5.74, 6) is -0.941. The van der Waals surface area contributed by atoms with Gasteiger partial charge in [0.1, 0.15) is 0 Å². The van der Waals surface area contributed by atoms with Crippen molar-refractivity contribution >= 4 is 27.5 Å². The van der Waals surface area contributed by atoms with Crippen LogP contribution >= 0.6 is 11.6 Å². The van der Waals surface area contributed by atoms with Gasteiger partial charge in [-0.05, 0) is 11.6 Å². The van der Waals surface area contributed by atoms with Crippen LogP contribution in [0.5, 0.6) is 0 Å². The van der Waals surface area contributed by atoms with Crippen molar-refractivity contribution < 1.29 is 13.2 Å². The van der Waals surface area contributed by atoms with Gasteiger partial charge in [0.2, 0.25) is 15.9 Å². The van der Waals surface area contributed by atoms with Gasteiger partial charge < -0.3 is 0 Å². The van der Waals surface area contributed by atoms with Crippen LogP contribution in [0.3, 0.4) is 0 Å². The van der Waals surface area contributed by atoms with Crippen molar-refractivity contribution in [1.82, 2.24) is 4.31 Å². The van der Waals surface area contributed by atoms with E-state index in [0.717, 1.165) is 4.31 Å². The van der Waals surface area contributed by atoms with E-state index in [1.165, 1.54) is 0 Å². The van der Waals surface area contributed by atoms with Gasteiger partial charge in [-0.3, -0.25) is 4.79 Å². The van der Waals surface area contributed by atoms with Crippen molar-refractivity contribution in [3.63, 3.8) is 0 Å². The van der Waals surface area contributed by atoms with Gasteiger partial charge in [-0.15, -0.1) is 0 Å². The Morgan fingerprint density at radius 2 is 2.06 bits per heavy atom. The van der Waals surface area contributed by atoms with Gasteiger partial charge in [-0.2, -0.15) is 0 Å². The molecule has 1 aromatic carbocycles. The molecule has 0 radical (unpaired) electrons. The van der Waals surface area contributed by atoms with E-state index in [1.807, 2.05) is 0 Å². The minimum absolute atomic E-state index is 0.0190. The number of amides is 1. The van der Waals surface area contributed by atoms with Crippen LogP contribution in [-0.4, -0.2) is 24.4 Å². The fourth-order valence-electron chi connectivity index (χ4n) is 1.82. The molecule has 1 aliphatic heterocycles. The summed E-state index contributed by atoms with van der Waals surface area (Å²) in [5, 5.41) is 0.468. The van der Waals surface area contributed by atoms with Gasteiger partial charge in [-0.25, -0.2) is 12.7 Å². The molecule has 0 saturated carbocycles. The minimum Gasteiger partial charge on any atom is -0.273 e. The summed E-state index contributed by atoms with van der Waals surface area (Å²) in [4.78, 5) is 11.7. The lowest BCUT2D eigenvalue weighted by Gasteiger charge is -2.15. The van der Waals surface area contributed by atoms with Gasteiger partial charge in [0.15, 0.2) is 0 Å². The second kappa shape index (κ2) is 4.31. The largest absolute Gasteiger partial charge is 0.273 e. The second-order valence-electron chi connectivity index (χ2n) is 4.12. The van der Waals surface area contributed by atoms with Crippen molar-refractivity contribution in [3.8, 4) is 0 Å². The Hall–Kier alpha value is -1.07. The summed E-state index contributed by atoms with van der Waals surface area (Å²) in [5.41, 5.74) is 0.639. The zero-order valence-electron chi connectivity index (χ0n) is 9.26. The van der Waals surface area contributed by atoms with Crippen molar-refractivity contribution in [2.24, 2.45) is 5.92 Å². The molecule has 1 aromatic rings. The van der Waals surface area contributed by atoms with Crippen molar-refractivity contribution in [2.75, 3.05) is 5.75 Å². The lowest BCUT2D eigenvalue weighted by molar-refractivity contribution is -0.128. The molecule has 1 atom stereocenters. The number of sulfonamides is 1. The Bertz CT molecular complexity index is 556. The normalized spacial score (nSPS) is 23.1. The Kier molecular flexibility index (Phi) is 3.14. The number of carbonyl (C=O) groups excluding carboxylic acids is 1. The fourth-order valence-corrected chi connectivity index (χ4v) is 3.76. The van der Waals surface area contributed by atoms with Gasteiger partial charge >= 0.3 is 0 Å². The predicted molar refractivity (Wildman–Crippen MR) is 65.0 cm³/mol. The van der Waals surface area contributed by atoms with Crippen molar-refractivity contribution in [1.29, 1.82) is 0 Å². The number of hydrogen-bond donors (Lipinski definition) is 0. The van der Waals surface area contributed by atoms with Gasteiger partial charge in [0.05, 0.1) is 18.2 Å². The molecule has 0 aliphatic carbocycles. The van der Waals surface area contributed by atoms with Crippen LogP contribution in [0, 0.1) is 5.92 Å². The average molecular weight is 274 g/mol. The molecule has 6 heteroatoms. The SMILES string of the molecule is CC1CS(=O)(=O)N(Cc2ccccc2Cl)C1=O. The molecular weight excluding hydrogens is 262 g/mol. The quantitative estimate of drug-likeness (QED) is 0.823. The maximum Gasteiger partial charge on any atom is 0.240 e. The summed E-state index contributed by atoms with van der Waals surface area (Å²) >= 11 is 5.95. The average Bonchev–Trinajstić information content (AvgIpc) is 2.43. The van der Waals surface area contributed by atoms with E-state index in [2.05, 4.69) is 0 Å². The van der Waals surface area contributed by atoms with Crippen LogP contribution in [0.4, 0.5) is 0 Å². The summed E-state index contributed by atoms with van der Waals surface area (Å²) in [6, 6.07) is 6.91. The number of carbonyl (C=O) groups is 1. The highest BCUT2D eigenvalue weighted by molar-refractivity contribution is 7.90. The van der Waals surface area contributed by atoms with Crippen LogP contribution in [0.25, 0.3) is 0 Å². The molecule has 2 rings (SSSR count). The lowest BCUT2D eigenvalue weighted by Crippen LogP contribution is -2.30. The van der Waals surface area contributed by atoms with Crippen LogP contribution in [-0.2, 0) is 21.4 Å². The van der Waals surface area contributed by atoms with Crippen LogP contribution in [0.1, 0.15) is 12.5 Å². The summed E-state index contributed by atoms with van der Waals surface area (Å²) in [6.07, 6.45) is 0. The summed E-state index contributed by atoms with van der Waals surface area (Å²) in [7, 11) is -3.48. The van der Waals surface area contributed by atoms with Gasteiger partial charge in [0, 0.05) is 5.02 Å². The second-order valence-corrected chi connectivity index (χ2v) is 6.46. The molecule has 1 heterocycles. The smallest absolute Gasteiger partial charge is 0.240 e. The van der Waals surface area contributed by atoms with Crippen LogP contribution in [0.15, 0.2) is 24.3 Å².